The third kappa shape index (κ3) is 3.71. The summed E-state index contributed by atoms with van der Waals surface area (Å²) in [7, 11) is 2.82. The molecule has 2 aliphatic rings. The molecule has 3 atom stereocenters. The molecule has 1 fully saturated rings. The van der Waals surface area contributed by atoms with Crippen molar-refractivity contribution in [2.45, 2.75) is 43.0 Å². The number of methoxy groups -OCH3 is 2. The maximum absolute atomic E-state index is 11.9. The molecule has 0 aromatic carbocycles. The summed E-state index contributed by atoms with van der Waals surface area (Å²) in [6, 6.07) is 0.246. The predicted molar refractivity (Wildman–Crippen MR) is 89.5 cm³/mol. The molecule has 1 amide bonds. The van der Waals surface area contributed by atoms with Gasteiger partial charge in [-0.3, -0.25) is 14.7 Å². The SMILES string of the molecule is COC(=O)CCCCC1SCC2C1N=C(SC)N2C(=O)OC. The van der Waals surface area contributed by atoms with Crippen LogP contribution >= 0.6 is 23.5 Å². The van der Waals surface area contributed by atoms with Gasteiger partial charge in [0.05, 0.1) is 26.3 Å². The third-order valence-corrected chi connectivity index (χ3v) is 6.10. The van der Waals surface area contributed by atoms with E-state index in [1.54, 1.807) is 4.90 Å². The topological polar surface area (TPSA) is 68.2 Å². The zero-order valence-electron chi connectivity index (χ0n) is 13.1. The van der Waals surface area contributed by atoms with Crippen LogP contribution in [0.25, 0.3) is 0 Å². The molecule has 3 unspecified atom stereocenters. The van der Waals surface area contributed by atoms with Crippen LogP contribution in [0.1, 0.15) is 25.7 Å². The molecule has 0 aromatic rings. The Morgan fingerprint density at radius 3 is 2.77 bits per heavy atom. The minimum absolute atomic E-state index is 0.102. The molecule has 22 heavy (non-hydrogen) atoms. The Morgan fingerprint density at radius 2 is 2.14 bits per heavy atom. The summed E-state index contributed by atoms with van der Waals surface area (Å²) in [6.07, 6.45) is 4.87. The number of esters is 1. The molecule has 2 aliphatic heterocycles. The Labute approximate surface area is 139 Å². The molecular formula is C14H22N2O4S2. The normalized spacial score (nSPS) is 26.6. The van der Waals surface area contributed by atoms with Crippen LogP contribution < -0.4 is 0 Å². The van der Waals surface area contributed by atoms with Crippen molar-refractivity contribution in [3.63, 3.8) is 0 Å². The summed E-state index contributed by atoms with van der Waals surface area (Å²) in [5.41, 5.74) is 0. The van der Waals surface area contributed by atoms with Gasteiger partial charge >= 0.3 is 12.1 Å². The van der Waals surface area contributed by atoms with Crippen LogP contribution in [0, 0.1) is 0 Å². The Morgan fingerprint density at radius 1 is 1.36 bits per heavy atom. The lowest BCUT2D eigenvalue weighted by molar-refractivity contribution is -0.140. The van der Waals surface area contributed by atoms with Gasteiger partial charge in [-0.2, -0.15) is 11.8 Å². The van der Waals surface area contributed by atoms with Gasteiger partial charge in [-0.05, 0) is 19.1 Å². The van der Waals surface area contributed by atoms with E-state index in [-0.39, 0.29) is 24.1 Å². The Balaban J connectivity index is 1.89. The number of aliphatic imine (C=N–C) groups is 1. The zero-order chi connectivity index (χ0) is 16.1. The Bertz CT molecular complexity index is 458. The molecular weight excluding hydrogens is 324 g/mol. The summed E-state index contributed by atoms with van der Waals surface area (Å²) in [6.45, 7) is 0. The number of ether oxygens (including phenoxy) is 2. The number of rotatable bonds is 5. The molecule has 2 rings (SSSR count). The molecule has 2 heterocycles. The van der Waals surface area contributed by atoms with Gasteiger partial charge in [0.15, 0.2) is 5.17 Å². The highest BCUT2D eigenvalue weighted by Crippen LogP contribution is 2.40. The van der Waals surface area contributed by atoms with Gasteiger partial charge in [0.2, 0.25) is 0 Å². The number of carbonyl (C=O) groups excluding carboxylic acids is 2. The van der Waals surface area contributed by atoms with Gasteiger partial charge < -0.3 is 9.47 Å². The van der Waals surface area contributed by atoms with E-state index in [0.29, 0.717) is 11.7 Å². The standard InChI is InChI=1S/C14H22N2O4S2/c1-19-11(17)7-5-4-6-10-12-9(8-22-10)16(14(18)20-2)13(15-12)21-3/h9-10,12H,4-8H2,1-3H3. The highest BCUT2D eigenvalue weighted by atomic mass is 32.2. The number of unbranched alkanes of at least 4 members (excludes halogenated alkanes) is 1. The van der Waals surface area contributed by atoms with Crippen molar-refractivity contribution in [3.8, 4) is 0 Å². The second-order valence-electron chi connectivity index (χ2n) is 5.21. The molecule has 1 saturated heterocycles. The highest BCUT2D eigenvalue weighted by molar-refractivity contribution is 8.13. The number of fused-ring (bicyclic) bond motifs is 1. The van der Waals surface area contributed by atoms with Crippen LogP contribution in [0.3, 0.4) is 0 Å². The van der Waals surface area contributed by atoms with Crippen molar-refractivity contribution >= 4 is 40.8 Å². The molecule has 0 radical (unpaired) electrons. The van der Waals surface area contributed by atoms with Gasteiger partial charge in [-0.25, -0.2) is 4.79 Å². The van der Waals surface area contributed by atoms with E-state index >= 15 is 0 Å². The molecule has 124 valence electrons. The summed E-state index contributed by atoms with van der Waals surface area (Å²) in [5.74, 6) is 0.729. The van der Waals surface area contributed by atoms with Crippen LogP contribution in [0.5, 0.6) is 0 Å². The quantitative estimate of drug-likeness (QED) is 0.562. The molecule has 0 aliphatic carbocycles. The lowest BCUT2D eigenvalue weighted by Gasteiger charge is -2.22. The van der Waals surface area contributed by atoms with E-state index in [1.165, 1.54) is 26.0 Å². The van der Waals surface area contributed by atoms with Crippen molar-refractivity contribution in [1.29, 1.82) is 0 Å². The average molecular weight is 346 g/mol. The van der Waals surface area contributed by atoms with E-state index in [2.05, 4.69) is 4.74 Å². The van der Waals surface area contributed by atoms with Gasteiger partial charge in [0.25, 0.3) is 0 Å². The maximum Gasteiger partial charge on any atom is 0.415 e. The number of amidine groups is 1. The first-order valence-corrected chi connectivity index (χ1v) is 9.57. The number of thioether (sulfide) groups is 2. The molecule has 0 N–H and O–H groups in total. The number of nitrogens with zero attached hydrogens (tertiary/aromatic N) is 2. The number of hydrogen-bond donors (Lipinski definition) is 0. The first-order chi connectivity index (χ1) is 10.6. The number of carbonyl (C=O) groups is 2. The van der Waals surface area contributed by atoms with E-state index < -0.39 is 0 Å². The summed E-state index contributed by atoms with van der Waals surface area (Å²) < 4.78 is 9.53. The third-order valence-electron chi connectivity index (χ3n) is 3.95. The molecule has 0 aromatic heterocycles. The van der Waals surface area contributed by atoms with Crippen molar-refractivity contribution in [2.75, 3.05) is 26.2 Å². The molecule has 6 nitrogen and oxygen atoms in total. The highest BCUT2D eigenvalue weighted by Gasteiger charge is 2.48. The van der Waals surface area contributed by atoms with Crippen LogP contribution in [0.15, 0.2) is 4.99 Å². The van der Waals surface area contributed by atoms with Gasteiger partial charge in [-0.1, -0.05) is 18.2 Å². The molecule has 0 saturated carbocycles. The Hall–Kier alpha value is -0.890. The molecule has 0 bridgehead atoms. The second-order valence-corrected chi connectivity index (χ2v) is 7.25. The minimum Gasteiger partial charge on any atom is -0.469 e. The first kappa shape index (κ1) is 17.5. The van der Waals surface area contributed by atoms with Crippen LogP contribution in [-0.2, 0) is 14.3 Å². The summed E-state index contributed by atoms with van der Waals surface area (Å²) in [4.78, 5) is 29.5. The summed E-state index contributed by atoms with van der Waals surface area (Å²) in [5, 5.41) is 1.15. The lowest BCUT2D eigenvalue weighted by atomic mass is 10.0. The van der Waals surface area contributed by atoms with Crippen LogP contribution in [-0.4, -0.2) is 65.7 Å². The summed E-state index contributed by atoms with van der Waals surface area (Å²) >= 11 is 3.34. The van der Waals surface area contributed by atoms with Gasteiger partial charge in [-0.15, -0.1) is 0 Å². The zero-order valence-corrected chi connectivity index (χ0v) is 14.7. The van der Waals surface area contributed by atoms with Crippen molar-refractivity contribution < 1.29 is 19.1 Å². The molecule has 0 spiro atoms. The Kier molecular flexibility index (Phi) is 6.43. The van der Waals surface area contributed by atoms with Crippen molar-refractivity contribution in [2.24, 2.45) is 4.99 Å². The minimum atomic E-state index is -0.326. The van der Waals surface area contributed by atoms with E-state index in [1.807, 2.05) is 18.0 Å². The number of hydrogen-bond acceptors (Lipinski definition) is 7. The monoisotopic (exact) mass is 346 g/mol. The van der Waals surface area contributed by atoms with E-state index in [4.69, 9.17) is 9.73 Å². The first-order valence-electron chi connectivity index (χ1n) is 7.29. The average Bonchev–Trinajstić information content (AvgIpc) is 3.09. The molecule has 8 heteroatoms. The predicted octanol–water partition coefficient (Wildman–Crippen LogP) is 2.37. The fourth-order valence-electron chi connectivity index (χ4n) is 2.83. The number of amides is 1. The van der Waals surface area contributed by atoms with Gasteiger partial charge in [0, 0.05) is 17.4 Å². The van der Waals surface area contributed by atoms with Crippen LogP contribution in [0.4, 0.5) is 4.79 Å². The van der Waals surface area contributed by atoms with Gasteiger partial charge in [0.1, 0.15) is 0 Å². The van der Waals surface area contributed by atoms with E-state index in [0.717, 1.165) is 30.2 Å². The van der Waals surface area contributed by atoms with Crippen molar-refractivity contribution in [3.05, 3.63) is 0 Å². The largest absolute Gasteiger partial charge is 0.469 e. The fraction of sp³-hybridized carbons (Fsp3) is 0.786. The fourth-order valence-corrected chi connectivity index (χ4v) is 5.03. The van der Waals surface area contributed by atoms with E-state index in [9.17, 15) is 9.59 Å². The van der Waals surface area contributed by atoms with Crippen molar-refractivity contribution in [1.82, 2.24) is 4.90 Å². The maximum atomic E-state index is 11.9. The second kappa shape index (κ2) is 8.10. The smallest absolute Gasteiger partial charge is 0.415 e. The van der Waals surface area contributed by atoms with Crippen LogP contribution in [0.2, 0.25) is 0 Å². The lowest BCUT2D eigenvalue weighted by Crippen LogP contribution is -2.43.